The molecule has 0 spiro atoms. The van der Waals surface area contributed by atoms with Gasteiger partial charge in [0.15, 0.2) is 5.69 Å². The van der Waals surface area contributed by atoms with Crippen molar-refractivity contribution >= 4 is 45.0 Å². The van der Waals surface area contributed by atoms with Gasteiger partial charge in [-0.05, 0) is 38.0 Å². The molecule has 1 aliphatic rings. The molecule has 0 unspecified atom stereocenters. The van der Waals surface area contributed by atoms with Gasteiger partial charge in [-0.2, -0.15) is 0 Å². The van der Waals surface area contributed by atoms with Gasteiger partial charge in [0.25, 0.3) is 0 Å². The second-order valence-electron chi connectivity index (χ2n) is 5.65. The van der Waals surface area contributed by atoms with Crippen LogP contribution in [0.2, 0.25) is 0 Å². The van der Waals surface area contributed by atoms with E-state index in [2.05, 4.69) is 26.2 Å². The third-order valence-electron chi connectivity index (χ3n) is 3.67. The highest BCUT2D eigenvalue weighted by atomic mass is 79.9. The molecule has 2 aromatic rings. The van der Waals surface area contributed by atoms with E-state index in [0.717, 1.165) is 28.0 Å². The van der Waals surface area contributed by atoms with E-state index in [0.29, 0.717) is 18.8 Å². The summed E-state index contributed by atoms with van der Waals surface area (Å²) < 4.78 is 5.86. The molecular weight excluding hydrogens is 406 g/mol. The lowest BCUT2D eigenvalue weighted by molar-refractivity contribution is 0.0520. The highest BCUT2D eigenvalue weighted by Crippen LogP contribution is 2.30. The van der Waals surface area contributed by atoms with Gasteiger partial charge in [0.05, 0.1) is 13.2 Å². The number of rotatable bonds is 6. The van der Waals surface area contributed by atoms with Crippen LogP contribution in [0.4, 0.5) is 10.5 Å². The number of esters is 1. The molecule has 1 saturated carbocycles. The molecule has 1 fully saturated rings. The first-order valence-corrected chi connectivity index (χ1v) is 9.68. The van der Waals surface area contributed by atoms with Crippen LogP contribution in [-0.4, -0.2) is 34.5 Å². The summed E-state index contributed by atoms with van der Waals surface area (Å²) in [6.45, 7) is 2.45. The van der Waals surface area contributed by atoms with E-state index in [1.807, 2.05) is 24.3 Å². The summed E-state index contributed by atoms with van der Waals surface area (Å²) in [5.74, 6) is -0.429. The van der Waals surface area contributed by atoms with Crippen LogP contribution in [0.15, 0.2) is 34.1 Å². The first kappa shape index (κ1) is 17.9. The molecule has 132 valence electrons. The number of benzene rings is 1. The van der Waals surface area contributed by atoms with Gasteiger partial charge in [0.1, 0.15) is 5.01 Å². The predicted molar refractivity (Wildman–Crippen MR) is 99.8 cm³/mol. The third kappa shape index (κ3) is 4.79. The fourth-order valence-electron chi connectivity index (χ4n) is 2.34. The van der Waals surface area contributed by atoms with Crippen molar-refractivity contribution in [1.29, 1.82) is 0 Å². The Kier molecular flexibility index (Phi) is 5.70. The van der Waals surface area contributed by atoms with Crippen molar-refractivity contribution in [2.45, 2.75) is 32.4 Å². The number of nitrogens with zero attached hydrogens (tertiary/aromatic N) is 2. The lowest BCUT2D eigenvalue weighted by atomic mass is 10.3. The number of thiazole rings is 1. The van der Waals surface area contributed by atoms with Crippen LogP contribution in [0.1, 0.15) is 35.3 Å². The van der Waals surface area contributed by atoms with Crippen molar-refractivity contribution < 1.29 is 14.3 Å². The van der Waals surface area contributed by atoms with Crippen molar-refractivity contribution in [3.05, 3.63) is 44.8 Å². The number of urea groups is 1. The minimum absolute atomic E-state index is 0.159. The van der Waals surface area contributed by atoms with Crippen LogP contribution < -0.4 is 5.32 Å². The Morgan fingerprint density at radius 2 is 2.24 bits per heavy atom. The van der Waals surface area contributed by atoms with Gasteiger partial charge in [-0.3, -0.25) is 0 Å². The van der Waals surface area contributed by atoms with Crippen LogP contribution in [-0.2, 0) is 11.3 Å². The Labute approximate surface area is 158 Å². The second kappa shape index (κ2) is 7.97. The lowest BCUT2D eigenvalue weighted by Gasteiger charge is -2.21. The minimum Gasteiger partial charge on any atom is -0.461 e. The zero-order chi connectivity index (χ0) is 17.8. The van der Waals surface area contributed by atoms with E-state index in [1.165, 1.54) is 11.3 Å². The van der Waals surface area contributed by atoms with Crippen LogP contribution in [0.25, 0.3) is 0 Å². The molecule has 1 heterocycles. The van der Waals surface area contributed by atoms with Gasteiger partial charge in [-0.25, -0.2) is 14.6 Å². The van der Waals surface area contributed by atoms with Gasteiger partial charge in [-0.15, -0.1) is 11.3 Å². The molecule has 1 aromatic heterocycles. The molecule has 0 bridgehead atoms. The Morgan fingerprint density at radius 1 is 1.44 bits per heavy atom. The molecule has 1 N–H and O–H groups in total. The first-order valence-electron chi connectivity index (χ1n) is 8.01. The molecular formula is C17H18BrN3O3S. The zero-order valence-corrected chi connectivity index (χ0v) is 16.1. The highest BCUT2D eigenvalue weighted by Gasteiger charge is 2.33. The number of ether oxygens (including phenoxy) is 1. The Hall–Kier alpha value is -1.93. The molecule has 1 aromatic carbocycles. The molecule has 0 saturated heterocycles. The minimum atomic E-state index is -0.429. The average molecular weight is 424 g/mol. The van der Waals surface area contributed by atoms with Gasteiger partial charge >= 0.3 is 12.0 Å². The fourth-order valence-corrected chi connectivity index (χ4v) is 3.50. The van der Waals surface area contributed by atoms with Crippen LogP contribution in [0.5, 0.6) is 0 Å². The number of carbonyl (C=O) groups excluding carboxylic acids is 2. The smallest absolute Gasteiger partial charge is 0.357 e. The van der Waals surface area contributed by atoms with Crippen LogP contribution in [0.3, 0.4) is 0 Å². The molecule has 2 amide bonds. The monoisotopic (exact) mass is 423 g/mol. The lowest BCUT2D eigenvalue weighted by Crippen LogP contribution is -2.36. The van der Waals surface area contributed by atoms with E-state index in [-0.39, 0.29) is 12.1 Å². The third-order valence-corrected chi connectivity index (χ3v) is 4.99. The normalized spacial score (nSPS) is 13.4. The number of hydrogen-bond acceptors (Lipinski definition) is 5. The summed E-state index contributed by atoms with van der Waals surface area (Å²) in [5.41, 5.74) is 1.03. The Bertz CT molecular complexity index is 776. The first-order chi connectivity index (χ1) is 12.1. The fraction of sp³-hybridized carbons (Fsp3) is 0.353. The van der Waals surface area contributed by atoms with Crippen molar-refractivity contribution in [2.75, 3.05) is 11.9 Å². The topological polar surface area (TPSA) is 71.5 Å². The molecule has 8 heteroatoms. The van der Waals surface area contributed by atoms with E-state index >= 15 is 0 Å². The van der Waals surface area contributed by atoms with Crippen LogP contribution >= 0.6 is 27.3 Å². The summed E-state index contributed by atoms with van der Waals surface area (Å²) in [5, 5.41) is 5.31. The predicted octanol–water partition coefficient (Wildman–Crippen LogP) is 4.28. The van der Waals surface area contributed by atoms with E-state index in [1.54, 1.807) is 17.2 Å². The molecule has 3 rings (SSSR count). The number of amides is 2. The van der Waals surface area contributed by atoms with Gasteiger partial charge < -0.3 is 15.0 Å². The summed E-state index contributed by atoms with van der Waals surface area (Å²) >= 11 is 4.76. The maximum absolute atomic E-state index is 12.6. The highest BCUT2D eigenvalue weighted by molar-refractivity contribution is 9.10. The van der Waals surface area contributed by atoms with Crippen molar-refractivity contribution in [3.8, 4) is 0 Å². The van der Waals surface area contributed by atoms with E-state index in [4.69, 9.17) is 4.74 Å². The summed E-state index contributed by atoms with van der Waals surface area (Å²) in [6, 6.07) is 7.53. The molecule has 25 heavy (non-hydrogen) atoms. The molecule has 0 radical (unpaired) electrons. The Balaban J connectivity index is 1.67. The Morgan fingerprint density at radius 3 is 2.92 bits per heavy atom. The van der Waals surface area contributed by atoms with Crippen molar-refractivity contribution in [3.63, 3.8) is 0 Å². The van der Waals surface area contributed by atoms with Crippen molar-refractivity contribution in [2.24, 2.45) is 0 Å². The van der Waals surface area contributed by atoms with Crippen molar-refractivity contribution in [1.82, 2.24) is 9.88 Å². The summed E-state index contributed by atoms with van der Waals surface area (Å²) in [4.78, 5) is 30.4. The van der Waals surface area contributed by atoms with E-state index < -0.39 is 5.97 Å². The number of carbonyl (C=O) groups is 2. The second-order valence-corrected chi connectivity index (χ2v) is 7.50. The summed E-state index contributed by atoms with van der Waals surface area (Å²) in [6.07, 6.45) is 1.98. The number of anilines is 1. The molecule has 0 aliphatic heterocycles. The number of nitrogens with one attached hydrogen (secondary N) is 1. The van der Waals surface area contributed by atoms with Gasteiger partial charge in [0, 0.05) is 21.6 Å². The van der Waals surface area contributed by atoms with E-state index in [9.17, 15) is 9.59 Å². The molecule has 6 nitrogen and oxygen atoms in total. The number of aromatic nitrogens is 1. The maximum Gasteiger partial charge on any atom is 0.357 e. The zero-order valence-electron chi connectivity index (χ0n) is 13.7. The number of hydrogen-bond donors (Lipinski definition) is 1. The SMILES string of the molecule is CCOC(=O)c1csc(CN(C(=O)Nc2cccc(Br)c2)C2CC2)n1. The maximum atomic E-state index is 12.6. The quantitative estimate of drug-likeness (QED) is 0.703. The summed E-state index contributed by atoms with van der Waals surface area (Å²) in [7, 11) is 0. The molecule has 1 aliphatic carbocycles. The largest absolute Gasteiger partial charge is 0.461 e. The van der Waals surface area contributed by atoms with Gasteiger partial charge in [-0.1, -0.05) is 22.0 Å². The van der Waals surface area contributed by atoms with Crippen LogP contribution in [0, 0.1) is 0 Å². The standard InChI is InChI=1S/C17H18BrN3O3S/c1-2-24-16(22)14-10-25-15(20-14)9-21(13-6-7-13)17(23)19-12-5-3-4-11(18)8-12/h3-5,8,10,13H,2,6-7,9H2,1H3,(H,19,23). The van der Waals surface area contributed by atoms with Gasteiger partial charge in [0.2, 0.25) is 0 Å². The number of halogens is 1. The average Bonchev–Trinajstić information content (AvgIpc) is 3.30. The molecule has 0 atom stereocenters.